The van der Waals surface area contributed by atoms with Gasteiger partial charge in [0.05, 0.1) is 6.61 Å². The Balaban J connectivity index is 1.79. The summed E-state index contributed by atoms with van der Waals surface area (Å²) in [7, 11) is 0. The van der Waals surface area contributed by atoms with Crippen molar-refractivity contribution in [2.45, 2.75) is 58.5 Å². The summed E-state index contributed by atoms with van der Waals surface area (Å²) in [5.41, 5.74) is 0. The summed E-state index contributed by atoms with van der Waals surface area (Å²) in [6.07, 6.45) is 2.98. The minimum absolute atomic E-state index is 0.0362. The third kappa shape index (κ3) is 5.11. The molecule has 1 saturated heterocycles. The van der Waals surface area contributed by atoms with Gasteiger partial charge in [-0.15, -0.1) is 0 Å². The van der Waals surface area contributed by atoms with E-state index in [0.29, 0.717) is 13.1 Å². The highest BCUT2D eigenvalue weighted by atomic mass is 16.5. The minimum atomic E-state index is -0.616. The van der Waals surface area contributed by atoms with Gasteiger partial charge in [-0.05, 0) is 38.5 Å². The highest BCUT2D eigenvalue weighted by Crippen LogP contribution is 2.31. The van der Waals surface area contributed by atoms with Crippen LogP contribution in [0.15, 0.2) is 0 Å². The fourth-order valence-corrected chi connectivity index (χ4v) is 2.96. The second-order valence-corrected chi connectivity index (χ2v) is 6.97. The summed E-state index contributed by atoms with van der Waals surface area (Å²) in [5.74, 6) is 0.287. The van der Waals surface area contributed by atoms with Crippen molar-refractivity contribution in [2.24, 2.45) is 11.8 Å². The summed E-state index contributed by atoms with van der Waals surface area (Å²) in [4.78, 5) is 38.0. The lowest BCUT2D eigenvalue weighted by atomic mass is 10.0. The molecule has 7 nitrogen and oxygen atoms in total. The van der Waals surface area contributed by atoms with Gasteiger partial charge in [0, 0.05) is 25.0 Å². The second kappa shape index (κ2) is 8.35. The fourth-order valence-electron chi connectivity index (χ4n) is 2.96. The largest absolute Gasteiger partial charge is 0.450 e. The van der Waals surface area contributed by atoms with E-state index in [-0.39, 0.29) is 36.3 Å². The predicted molar refractivity (Wildman–Crippen MR) is 89.3 cm³/mol. The Morgan fingerprint density at radius 2 is 1.75 bits per heavy atom. The Bertz CT molecular complexity index is 468. The number of ether oxygens (including phenoxy) is 1. The maximum absolute atomic E-state index is 12.5. The number of carbonyl (C=O) groups excluding carboxylic acids is 3. The van der Waals surface area contributed by atoms with Crippen LogP contribution < -0.4 is 10.6 Å². The standard InChI is InChI=1S/C17H29N3O4/c1-4-24-17(23)19-14(11(2)3)15(21)18-13-7-9-20(10-8-13)16(22)12-5-6-12/h11-14H,4-10H2,1-3H3,(H,18,21)(H,19,23). The Kier molecular flexibility index (Phi) is 6.45. The number of nitrogens with one attached hydrogen (secondary N) is 2. The minimum Gasteiger partial charge on any atom is -0.450 e. The number of hydrogen-bond donors (Lipinski definition) is 2. The van der Waals surface area contributed by atoms with E-state index in [9.17, 15) is 14.4 Å². The molecule has 0 spiro atoms. The SMILES string of the molecule is CCOC(=O)NC(C(=O)NC1CCN(C(=O)C2CC2)CC1)C(C)C. The Hall–Kier alpha value is -1.79. The molecule has 0 aromatic carbocycles. The molecule has 1 atom stereocenters. The monoisotopic (exact) mass is 339 g/mol. The molecule has 0 aromatic heterocycles. The number of piperidine rings is 1. The first-order valence-corrected chi connectivity index (χ1v) is 8.94. The number of amides is 3. The van der Waals surface area contributed by atoms with Crippen LogP contribution in [0.4, 0.5) is 4.79 Å². The van der Waals surface area contributed by atoms with Gasteiger partial charge >= 0.3 is 6.09 Å². The van der Waals surface area contributed by atoms with Gasteiger partial charge in [0.2, 0.25) is 11.8 Å². The summed E-state index contributed by atoms with van der Waals surface area (Å²) in [6, 6.07) is -0.568. The van der Waals surface area contributed by atoms with Crippen molar-refractivity contribution in [3.05, 3.63) is 0 Å². The van der Waals surface area contributed by atoms with Crippen LogP contribution in [-0.2, 0) is 14.3 Å². The third-order valence-electron chi connectivity index (χ3n) is 4.58. The molecule has 1 heterocycles. The molecule has 1 aliphatic heterocycles. The van der Waals surface area contributed by atoms with E-state index >= 15 is 0 Å². The fraction of sp³-hybridized carbons (Fsp3) is 0.824. The number of likely N-dealkylation sites (tertiary alicyclic amines) is 1. The molecule has 2 aliphatic rings. The number of alkyl carbamates (subject to hydrolysis) is 1. The first-order chi connectivity index (χ1) is 11.4. The smallest absolute Gasteiger partial charge is 0.407 e. The molecule has 2 rings (SSSR count). The number of rotatable bonds is 6. The van der Waals surface area contributed by atoms with Gasteiger partial charge in [0.1, 0.15) is 6.04 Å². The number of hydrogen-bond acceptors (Lipinski definition) is 4. The first-order valence-electron chi connectivity index (χ1n) is 8.94. The van der Waals surface area contributed by atoms with Gasteiger partial charge in [-0.2, -0.15) is 0 Å². The Labute approximate surface area is 143 Å². The molecule has 136 valence electrons. The molecule has 1 unspecified atom stereocenters. The lowest BCUT2D eigenvalue weighted by molar-refractivity contribution is -0.133. The van der Waals surface area contributed by atoms with Crippen molar-refractivity contribution in [1.82, 2.24) is 15.5 Å². The number of carbonyl (C=O) groups is 3. The summed E-state index contributed by atoms with van der Waals surface area (Å²) in [6.45, 7) is 7.14. The molecular weight excluding hydrogens is 310 g/mol. The van der Waals surface area contributed by atoms with E-state index in [2.05, 4.69) is 10.6 Å². The van der Waals surface area contributed by atoms with E-state index < -0.39 is 12.1 Å². The average molecular weight is 339 g/mol. The normalized spacial score (nSPS) is 19.8. The van der Waals surface area contributed by atoms with Crippen LogP contribution in [0.1, 0.15) is 46.5 Å². The Morgan fingerprint density at radius 1 is 1.12 bits per heavy atom. The zero-order valence-electron chi connectivity index (χ0n) is 14.8. The van der Waals surface area contributed by atoms with Crippen LogP contribution in [0, 0.1) is 11.8 Å². The van der Waals surface area contributed by atoms with Crippen molar-refractivity contribution in [3.63, 3.8) is 0 Å². The predicted octanol–water partition coefficient (Wildman–Crippen LogP) is 1.27. The maximum Gasteiger partial charge on any atom is 0.407 e. The van der Waals surface area contributed by atoms with Crippen LogP contribution in [0.25, 0.3) is 0 Å². The molecule has 0 bridgehead atoms. The highest BCUT2D eigenvalue weighted by Gasteiger charge is 2.35. The van der Waals surface area contributed by atoms with Gasteiger partial charge in [-0.3, -0.25) is 9.59 Å². The van der Waals surface area contributed by atoms with Gasteiger partial charge in [-0.1, -0.05) is 13.8 Å². The van der Waals surface area contributed by atoms with Crippen LogP contribution in [0.2, 0.25) is 0 Å². The number of nitrogens with zero attached hydrogens (tertiary/aromatic N) is 1. The zero-order chi connectivity index (χ0) is 17.7. The van der Waals surface area contributed by atoms with Crippen LogP contribution >= 0.6 is 0 Å². The van der Waals surface area contributed by atoms with Crippen molar-refractivity contribution >= 4 is 17.9 Å². The van der Waals surface area contributed by atoms with Gasteiger partial charge in [0.25, 0.3) is 0 Å². The van der Waals surface area contributed by atoms with E-state index in [1.807, 2.05) is 18.7 Å². The highest BCUT2D eigenvalue weighted by molar-refractivity contribution is 5.86. The van der Waals surface area contributed by atoms with Gasteiger partial charge in [-0.25, -0.2) is 4.79 Å². The maximum atomic E-state index is 12.5. The molecule has 2 fully saturated rings. The van der Waals surface area contributed by atoms with Crippen molar-refractivity contribution in [2.75, 3.05) is 19.7 Å². The average Bonchev–Trinajstić information content (AvgIpc) is 3.37. The summed E-state index contributed by atoms with van der Waals surface area (Å²) < 4.78 is 4.86. The van der Waals surface area contributed by atoms with Crippen LogP contribution in [-0.4, -0.2) is 54.6 Å². The molecule has 1 aliphatic carbocycles. The molecular formula is C17H29N3O4. The molecule has 1 saturated carbocycles. The molecule has 3 amide bonds. The van der Waals surface area contributed by atoms with E-state index in [0.717, 1.165) is 25.7 Å². The Morgan fingerprint density at radius 3 is 2.25 bits per heavy atom. The van der Waals surface area contributed by atoms with Crippen molar-refractivity contribution < 1.29 is 19.1 Å². The summed E-state index contributed by atoms with van der Waals surface area (Å²) >= 11 is 0. The molecule has 0 aromatic rings. The lowest BCUT2D eigenvalue weighted by Crippen LogP contribution is -2.54. The molecule has 0 radical (unpaired) electrons. The zero-order valence-corrected chi connectivity index (χ0v) is 14.8. The van der Waals surface area contributed by atoms with Gasteiger partial charge < -0.3 is 20.3 Å². The van der Waals surface area contributed by atoms with Crippen LogP contribution in [0.3, 0.4) is 0 Å². The molecule has 24 heavy (non-hydrogen) atoms. The van der Waals surface area contributed by atoms with Gasteiger partial charge in [0.15, 0.2) is 0 Å². The topological polar surface area (TPSA) is 87.7 Å². The first kappa shape index (κ1) is 18.5. The van der Waals surface area contributed by atoms with E-state index in [1.54, 1.807) is 6.92 Å². The second-order valence-electron chi connectivity index (χ2n) is 6.97. The van der Waals surface area contributed by atoms with Crippen molar-refractivity contribution in [1.29, 1.82) is 0 Å². The quantitative estimate of drug-likeness (QED) is 0.763. The molecule has 7 heteroatoms. The van der Waals surface area contributed by atoms with E-state index in [1.165, 1.54) is 0 Å². The van der Waals surface area contributed by atoms with Crippen LogP contribution in [0.5, 0.6) is 0 Å². The lowest BCUT2D eigenvalue weighted by Gasteiger charge is -2.33. The van der Waals surface area contributed by atoms with Crippen molar-refractivity contribution in [3.8, 4) is 0 Å². The third-order valence-corrected chi connectivity index (χ3v) is 4.58. The van der Waals surface area contributed by atoms with E-state index in [4.69, 9.17) is 4.74 Å². The molecule has 2 N–H and O–H groups in total. The summed E-state index contributed by atoms with van der Waals surface area (Å²) in [5, 5.41) is 5.62.